The van der Waals surface area contributed by atoms with Gasteiger partial charge in [0.1, 0.15) is 12.8 Å². The molecule has 0 saturated carbocycles. The number of hydrogen-bond acceptors (Lipinski definition) is 3. The Labute approximate surface area is 78.7 Å². The number of rotatable bonds is 6. The average molecular weight is 198 g/mol. The molecule has 0 amide bonds. The summed E-state index contributed by atoms with van der Waals surface area (Å²) in [6, 6.07) is 0. The minimum Gasteiger partial charge on any atom is -0.304 e. The summed E-state index contributed by atoms with van der Waals surface area (Å²) in [5, 5.41) is 0. The van der Waals surface area contributed by atoms with Gasteiger partial charge in [-0.3, -0.25) is 9.09 Å². The summed E-state index contributed by atoms with van der Waals surface area (Å²) in [6.45, 7) is 3.47. The van der Waals surface area contributed by atoms with Crippen LogP contribution in [0.25, 0.3) is 0 Å². The van der Waals surface area contributed by atoms with Crippen LogP contribution >= 0.6 is 7.60 Å². The molecule has 0 spiro atoms. The molecule has 70 valence electrons. The third kappa shape index (κ3) is 5.28. The van der Waals surface area contributed by atoms with Gasteiger partial charge in [-0.2, -0.15) is 0 Å². The molecule has 0 aliphatic heterocycles. The monoisotopic (exact) mass is 198 g/mol. The van der Waals surface area contributed by atoms with E-state index < -0.39 is 7.60 Å². The maximum Gasteiger partial charge on any atom is 0.343 e. The van der Waals surface area contributed by atoms with Crippen molar-refractivity contribution < 1.29 is 13.6 Å². The molecule has 0 aromatic carbocycles. The Hall–Kier alpha value is -0.990. The molecule has 0 bridgehead atoms. The second-order valence-electron chi connectivity index (χ2n) is 2.04. The summed E-state index contributed by atoms with van der Waals surface area (Å²) in [5.41, 5.74) is 0. The maximum absolute atomic E-state index is 11.6. The second-order valence-corrected chi connectivity index (χ2v) is 4.09. The lowest BCUT2D eigenvalue weighted by Gasteiger charge is -2.13. The first-order valence-electron chi connectivity index (χ1n) is 3.54. The highest BCUT2D eigenvalue weighted by Crippen LogP contribution is 2.47. The molecule has 0 heterocycles. The fraction of sp³-hybridized carbons (Fsp3) is 0.333. The van der Waals surface area contributed by atoms with Crippen LogP contribution in [0.5, 0.6) is 0 Å². The van der Waals surface area contributed by atoms with Gasteiger partial charge in [0, 0.05) is 0 Å². The Bertz CT molecular complexity index is 282. The summed E-state index contributed by atoms with van der Waals surface area (Å²) in [5.74, 6) is 4.40. The van der Waals surface area contributed by atoms with Gasteiger partial charge in [0.05, 0.1) is 6.61 Å². The predicted octanol–water partition coefficient (Wildman–Crippen LogP) is 1.67. The zero-order valence-corrected chi connectivity index (χ0v) is 8.13. The molecule has 13 heavy (non-hydrogen) atoms. The summed E-state index contributed by atoms with van der Waals surface area (Å²) in [6.07, 6.45) is 11.3. The third-order valence-corrected chi connectivity index (χ3v) is 2.65. The van der Waals surface area contributed by atoms with Crippen LogP contribution in [0.4, 0.5) is 0 Å². The summed E-state index contributed by atoms with van der Waals surface area (Å²) >= 11 is 0. The van der Waals surface area contributed by atoms with Crippen molar-refractivity contribution in [2.24, 2.45) is 0 Å². The fourth-order valence-electron chi connectivity index (χ4n) is 0.542. The van der Waals surface area contributed by atoms with E-state index in [9.17, 15) is 4.57 Å². The van der Waals surface area contributed by atoms with Gasteiger partial charge in [0.15, 0.2) is 0 Å². The van der Waals surface area contributed by atoms with Crippen molar-refractivity contribution in [3.8, 4) is 24.7 Å². The van der Waals surface area contributed by atoms with Gasteiger partial charge in [-0.05, 0) is 0 Å². The highest BCUT2D eigenvalue weighted by atomic mass is 31.2. The molecule has 0 saturated heterocycles. The molecule has 1 atom stereocenters. The van der Waals surface area contributed by atoms with Crippen molar-refractivity contribution in [3.05, 3.63) is 12.7 Å². The van der Waals surface area contributed by atoms with Gasteiger partial charge in [-0.1, -0.05) is 17.9 Å². The quantitative estimate of drug-likeness (QED) is 0.370. The summed E-state index contributed by atoms with van der Waals surface area (Å²) in [4.78, 5) is 0. The largest absolute Gasteiger partial charge is 0.343 e. The standard InChI is InChI=1S/C9H11O3P/c1-4-7-11-13(10,9-6-3)12-8-5-2/h1,3,5H,2,7-9H2. The van der Waals surface area contributed by atoms with Crippen molar-refractivity contribution in [2.75, 3.05) is 19.4 Å². The van der Waals surface area contributed by atoms with Gasteiger partial charge in [0.2, 0.25) is 0 Å². The van der Waals surface area contributed by atoms with Crippen LogP contribution in [-0.4, -0.2) is 19.4 Å². The van der Waals surface area contributed by atoms with E-state index in [-0.39, 0.29) is 19.4 Å². The van der Waals surface area contributed by atoms with Crippen LogP contribution in [0.1, 0.15) is 0 Å². The molecule has 0 fully saturated rings. The van der Waals surface area contributed by atoms with Gasteiger partial charge >= 0.3 is 7.60 Å². The maximum atomic E-state index is 11.6. The van der Waals surface area contributed by atoms with Gasteiger partial charge < -0.3 is 4.52 Å². The normalized spacial score (nSPS) is 13.7. The van der Waals surface area contributed by atoms with Gasteiger partial charge in [0.25, 0.3) is 0 Å². The van der Waals surface area contributed by atoms with E-state index in [0.717, 1.165) is 0 Å². The van der Waals surface area contributed by atoms with E-state index in [1.54, 1.807) is 0 Å². The molecule has 0 radical (unpaired) electrons. The Morgan fingerprint density at radius 3 is 2.54 bits per heavy atom. The lowest BCUT2D eigenvalue weighted by Crippen LogP contribution is -1.99. The van der Waals surface area contributed by atoms with Gasteiger partial charge in [-0.25, -0.2) is 0 Å². The first-order chi connectivity index (χ1) is 6.18. The zero-order valence-electron chi connectivity index (χ0n) is 7.23. The Morgan fingerprint density at radius 2 is 2.08 bits per heavy atom. The molecule has 0 rings (SSSR count). The SMILES string of the molecule is C#CCOP(=O)(CC#C)OCC=C. The van der Waals surface area contributed by atoms with E-state index in [1.165, 1.54) is 6.08 Å². The van der Waals surface area contributed by atoms with Crippen LogP contribution in [0.3, 0.4) is 0 Å². The molecular formula is C9H11O3P. The Morgan fingerprint density at radius 1 is 1.38 bits per heavy atom. The second kappa shape index (κ2) is 6.52. The molecule has 0 aromatic rings. The average Bonchev–Trinajstić information content (AvgIpc) is 2.12. The van der Waals surface area contributed by atoms with Crippen molar-refractivity contribution in [2.45, 2.75) is 0 Å². The minimum absolute atomic E-state index is 0.0733. The molecule has 4 heteroatoms. The van der Waals surface area contributed by atoms with E-state index in [4.69, 9.17) is 21.9 Å². The highest BCUT2D eigenvalue weighted by Gasteiger charge is 2.21. The van der Waals surface area contributed by atoms with E-state index in [1.807, 2.05) is 0 Å². The highest BCUT2D eigenvalue weighted by molar-refractivity contribution is 7.54. The van der Waals surface area contributed by atoms with Crippen LogP contribution < -0.4 is 0 Å². The summed E-state index contributed by atoms with van der Waals surface area (Å²) in [7, 11) is -3.20. The first kappa shape index (κ1) is 12.0. The smallest absolute Gasteiger partial charge is 0.304 e. The molecule has 0 N–H and O–H groups in total. The molecular weight excluding hydrogens is 187 g/mol. The van der Waals surface area contributed by atoms with E-state index in [2.05, 4.69) is 18.4 Å². The van der Waals surface area contributed by atoms with Crippen LogP contribution in [0.2, 0.25) is 0 Å². The van der Waals surface area contributed by atoms with Crippen LogP contribution in [0, 0.1) is 24.7 Å². The Kier molecular flexibility index (Phi) is 6.02. The van der Waals surface area contributed by atoms with Crippen LogP contribution in [-0.2, 0) is 13.6 Å². The van der Waals surface area contributed by atoms with Crippen molar-refractivity contribution in [1.82, 2.24) is 0 Å². The molecule has 1 unspecified atom stereocenters. The third-order valence-electron chi connectivity index (χ3n) is 1.02. The summed E-state index contributed by atoms with van der Waals surface area (Å²) < 4.78 is 21.3. The topological polar surface area (TPSA) is 35.5 Å². The van der Waals surface area contributed by atoms with E-state index in [0.29, 0.717) is 0 Å². The molecule has 0 aliphatic carbocycles. The fourth-order valence-corrected chi connectivity index (χ4v) is 1.63. The molecule has 0 aliphatic rings. The number of terminal acetylenes is 2. The molecule has 0 aromatic heterocycles. The predicted molar refractivity (Wildman–Crippen MR) is 52.2 cm³/mol. The number of hydrogen-bond donors (Lipinski definition) is 0. The minimum atomic E-state index is -3.20. The Balaban J connectivity index is 4.19. The molecule has 3 nitrogen and oxygen atoms in total. The van der Waals surface area contributed by atoms with Crippen molar-refractivity contribution >= 4 is 7.60 Å². The lowest BCUT2D eigenvalue weighted by molar-refractivity contribution is 0.242. The first-order valence-corrected chi connectivity index (χ1v) is 5.27. The zero-order chi connectivity index (χ0) is 10.2. The lowest BCUT2D eigenvalue weighted by atomic mass is 10.7. The van der Waals surface area contributed by atoms with Crippen molar-refractivity contribution in [3.63, 3.8) is 0 Å². The van der Waals surface area contributed by atoms with E-state index >= 15 is 0 Å². The van der Waals surface area contributed by atoms with Crippen molar-refractivity contribution in [1.29, 1.82) is 0 Å². The van der Waals surface area contributed by atoms with Gasteiger partial charge in [-0.15, -0.1) is 19.4 Å². The van der Waals surface area contributed by atoms with Crippen LogP contribution in [0.15, 0.2) is 12.7 Å².